The number of unbranched alkanes of at least 4 members (excludes halogenated alkanes) is 2. The molecule has 2 aliphatic rings. The fourth-order valence-electron chi connectivity index (χ4n) is 5.30. The van der Waals surface area contributed by atoms with Crippen molar-refractivity contribution in [2.45, 2.75) is 25.7 Å². The summed E-state index contributed by atoms with van der Waals surface area (Å²) < 4.78 is 6.86. The lowest BCUT2D eigenvalue weighted by atomic mass is 9.90. The summed E-state index contributed by atoms with van der Waals surface area (Å²) in [5, 5.41) is 0. The molecular formula is C34H45N4O2+. The number of esters is 1. The highest BCUT2D eigenvalue weighted by Crippen LogP contribution is 2.32. The zero-order chi connectivity index (χ0) is 28.5. The van der Waals surface area contributed by atoms with Gasteiger partial charge in [-0.2, -0.15) is 0 Å². The van der Waals surface area contributed by atoms with E-state index in [1.165, 1.54) is 46.5 Å². The monoisotopic (exact) mass is 541 g/mol. The van der Waals surface area contributed by atoms with E-state index in [1.807, 2.05) is 0 Å². The van der Waals surface area contributed by atoms with Gasteiger partial charge in [0.25, 0.3) is 0 Å². The molecular weight excluding hydrogens is 496 g/mol. The van der Waals surface area contributed by atoms with Gasteiger partial charge in [-0.05, 0) is 78.1 Å². The van der Waals surface area contributed by atoms with Crippen LogP contribution in [0, 0.1) is 0 Å². The van der Waals surface area contributed by atoms with E-state index in [-0.39, 0.29) is 5.97 Å². The van der Waals surface area contributed by atoms with Gasteiger partial charge < -0.3 is 14.5 Å². The van der Waals surface area contributed by atoms with Gasteiger partial charge in [-0.3, -0.25) is 9.69 Å². The SMILES string of the molecule is COC(=O)CCCCCN1CCN(c2ccc(C(=C3C=CC(=[N+](C)C)C=C3)c3ccc(N(C)C)cc3)cc2)CC1. The van der Waals surface area contributed by atoms with Gasteiger partial charge in [0.1, 0.15) is 14.1 Å². The van der Waals surface area contributed by atoms with Gasteiger partial charge in [0.2, 0.25) is 0 Å². The van der Waals surface area contributed by atoms with Gasteiger partial charge in [-0.25, -0.2) is 4.58 Å². The van der Waals surface area contributed by atoms with Crippen molar-refractivity contribution in [3.05, 3.63) is 89.5 Å². The third-order valence-corrected chi connectivity index (χ3v) is 7.82. The number of anilines is 2. The van der Waals surface area contributed by atoms with E-state index < -0.39 is 0 Å². The lowest BCUT2D eigenvalue weighted by Gasteiger charge is -2.36. The standard InChI is InChI=1S/C34H45N4O2/c1-35(2)30-16-10-27(11-17-30)34(28-12-18-31(19-13-28)36(3)4)29-14-20-32(21-15-29)38-25-23-37(24-26-38)22-8-6-7-9-33(39)40-5/h10-21H,6-9,22-26H2,1-5H3/q+1. The summed E-state index contributed by atoms with van der Waals surface area (Å²) in [6.07, 6.45) is 12.5. The average molecular weight is 542 g/mol. The Kier molecular flexibility index (Phi) is 10.4. The third-order valence-electron chi connectivity index (χ3n) is 7.82. The molecule has 2 aromatic rings. The van der Waals surface area contributed by atoms with Crippen LogP contribution in [0.15, 0.2) is 78.4 Å². The molecule has 0 aromatic heterocycles. The molecule has 6 nitrogen and oxygen atoms in total. The molecule has 40 heavy (non-hydrogen) atoms. The Morgan fingerprint density at radius 1 is 0.825 bits per heavy atom. The number of hydrogen-bond acceptors (Lipinski definition) is 5. The van der Waals surface area contributed by atoms with E-state index in [0.717, 1.165) is 52.0 Å². The van der Waals surface area contributed by atoms with Gasteiger partial charge in [0.15, 0.2) is 5.71 Å². The van der Waals surface area contributed by atoms with E-state index in [2.05, 4.69) is 120 Å². The third kappa shape index (κ3) is 7.72. The fourth-order valence-corrected chi connectivity index (χ4v) is 5.30. The second-order valence-corrected chi connectivity index (χ2v) is 11.0. The topological polar surface area (TPSA) is 39.0 Å². The number of piperazine rings is 1. The van der Waals surface area contributed by atoms with Crippen LogP contribution in [0.4, 0.5) is 11.4 Å². The smallest absolute Gasteiger partial charge is 0.305 e. The van der Waals surface area contributed by atoms with Crippen LogP contribution < -0.4 is 9.80 Å². The number of carbonyl (C=O) groups excluding carboxylic acids is 1. The highest BCUT2D eigenvalue weighted by Gasteiger charge is 2.18. The molecule has 1 fully saturated rings. The molecule has 0 amide bonds. The highest BCUT2D eigenvalue weighted by atomic mass is 16.5. The molecule has 1 heterocycles. The molecule has 6 heteroatoms. The Morgan fingerprint density at radius 2 is 1.43 bits per heavy atom. The maximum atomic E-state index is 11.3. The van der Waals surface area contributed by atoms with Crippen molar-refractivity contribution in [3.63, 3.8) is 0 Å². The Hall–Kier alpha value is -3.64. The summed E-state index contributed by atoms with van der Waals surface area (Å²) in [6.45, 7) is 5.33. The van der Waals surface area contributed by atoms with Crippen LogP contribution in [-0.4, -0.2) is 89.2 Å². The van der Waals surface area contributed by atoms with Crippen LogP contribution >= 0.6 is 0 Å². The molecule has 0 unspecified atom stereocenters. The molecule has 212 valence electrons. The Bertz CT molecular complexity index is 1240. The summed E-state index contributed by atoms with van der Waals surface area (Å²) in [5.74, 6) is -0.103. The van der Waals surface area contributed by atoms with Gasteiger partial charge in [-0.15, -0.1) is 0 Å². The normalized spacial score (nSPS) is 15.4. The molecule has 1 saturated heterocycles. The molecule has 2 aromatic carbocycles. The number of hydrogen-bond donors (Lipinski definition) is 0. The van der Waals surface area contributed by atoms with E-state index in [9.17, 15) is 4.79 Å². The second kappa shape index (κ2) is 14.1. The Balaban J connectivity index is 1.44. The van der Waals surface area contributed by atoms with Gasteiger partial charge >= 0.3 is 5.97 Å². The predicted molar refractivity (Wildman–Crippen MR) is 168 cm³/mol. The number of rotatable bonds is 10. The molecule has 1 aliphatic carbocycles. The van der Waals surface area contributed by atoms with Crippen LogP contribution in [0.3, 0.4) is 0 Å². The minimum Gasteiger partial charge on any atom is -0.469 e. The molecule has 0 spiro atoms. The highest BCUT2D eigenvalue weighted by molar-refractivity contribution is 6.04. The quantitative estimate of drug-likeness (QED) is 0.233. The van der Waals surface area contributed by atoms with Gasteiger partial charge in [0, 0.05) is 70.2 Å². The predicted octanol–water partition coefficient (Wildman–Crippen LogP) is 5.25. The first-order valence-electron chi connectivity index (χ1n) is 14.4. The largest absolute Gasteiger partial charge is 0.469 e. The van der Waals surface area contributed by atoms with Crippen molar-refractivity contribution >= 4 is 28.6 Å². The van der Waals surface area contributed by atoms with Crippen LogP contribution in [-0.2, 0) is 9.53 Å². The van der Waals surface area contributed by atoms with Gasteiger partial charge in [0.05, 0.1) is 7.11 Å². The van der Waals surface area contributed by atoms with Crippen LogP contribution in [0.1, 0.15) is 36.8 Å². The maximum Gasteiger partial charge on any atom is 0.305 e. The van der Waals surface area contributed by atoms with Crippen molar-refractivity contribution in [2.75, 3.05) is 77.8 Å². The van der Waals surface area contributed by atoms with Gasteiger partial charge in [-0.1, -0.05) is 30.7 Å². The van der Waals surface area contributed by atoms with E-state index in [4.69, 9.17) is 4.74 Å². The average Bonchev–Trinajstić information content (AvgIpc) is 2.98. The fraction of sp³-hybridized carbons (Fsp3) is 0.412. The number of benzene rings is 2. The van der Waals surface area contributed by atoms with E-state index in [0.29, 0.717) is 6.42 Å². The van der Waals surface area contributed by atoms with Crippen molar-refractivity contribution in [3.8, 4) is 0 Å². The number of nitrogens with zero attached hydrogens (tertiary/aromatic N) is 4. The first kappa shape index (κ1) is 29.3. The molecule has 0 radical (unpaired) electrons. The Morgan fingerprint density at radius 3 is 1.98 bits per heavy atom. The summed E-state index contributed by atoms with van der Waals surface area (Å²) in [5.41, 5.74) is 8.59. The number of carbonyl (C=O) groups is 1. The summed E-state index contributed by atoms with van der Waals surface area (Å²) in [7, 11) is 9.76. The van der Waals surface area contributed by atoms with Crippen molar-refractivity contribution in [2.24, 2.45) is 0 Å². The minimum absolute atomic E-state index is 0.103. The molecule has 0 saturated carbocycles. The minimum atomic E-state index is -0.103. The van der Waals surface area contributed by atoms with Crippen LogP contribution in [0.2, 0.25) is 0 Å². The van der Waals surface area contributed by atoms with E-state index in [1.54, 1.807) is 0 Å². The molecule has 0 bridgehead atoms. The Labute approximate surface area is 240 Å². The van der Waals surface area contributed by atoms with Crippen molar-refractivity contribution in [1.82, 2.24) is 4.90 Å². The lowest BCUT2D eigenvalue weighted by molar-refractivity contribution is -0.462. The maximum absolute atomic E-state index is 11.3. The number of ether oxygens (including phenoxy) is 1. The zero-order valence-corrected chi connectivity index (χ0v) is 24.9. The first-order chi connectivity index (χ1) is 19.4. The van der Waals surface area contributed by atoms with Crippen LogP contribution in [0.5, 0.6) is 0 Å². The zero-order valence-electron chi connectivity index (χ0n) is 24.9. The molecule has 1 aliphatic heterocycles. The molecule has 0 atom stereocenters. The van der Waals surface area contributed by atoms with Crippen molar-refractivity contribution < 1.29 is 14.1 Å². The van der Waals surface area contributed by atoms with Crippen LogP contribution in [0.25, 0.3) is 5.57 Å². The van der Waals surface area contributed by atoms with E-state index >= 15 is 0 Å². The molecule has 0 N–H and O–H groups in total. The number of methoxy groups -OCH3 is 1. The lowest BCUT2D eigenvalue weighted by Crippen LogP contribution is -2.46. The summed E-state index contributed by atoms with van der Waals surface area (Å²) in [4.78, 5) is 18.5. The summed E-state index contributed by atoms with van der Waals surface area (Å²) in [6, 6.07) is 17.9. The molecule has 4 rings (SSSR count). The second-order valence-electron chi connectivity index (χ2n) is 11.0. The van der Waals surface area contributed by atoms with Crippen molar-refractivity contribution in [1.29, 1.82) is 0 Å². The first-order valence-corrected chi connectivity index (χ1v) is 14.4. The number of allylic oxidation sites excluding steroid dienone is 5. The summed E-state index contributed by atoms with van der Waals surface area (Å²) >= 11 is 0.